The minimum absolute atomic E-state index is 0.00197. The average Bonchev–Trinajstić information content (AvgIpc) is 2.15. The van der Waals surface area contributed by atoms with E-state index in [1.807, 2.05) is 0 Å². The molecule has 15 heavy (non-hydrogen) atoms. The number of carbonyl (C=O) groups is 1. The Morgan fingerprint density at radius 3 is 2.27 bits per heavy atom. The molecule has 0 spiro atoms. The minimum atomic E-state index is -1.48. The third kappa shape index (κ3) is 5.08. The molecule has 0 aliphatic heterocycles. The molecule has 0 rings (SSSR count). The maximum Gasteiger partial charge on any atom is 0.249 e. The van der Waals surface area contributed by atoms with Crippen LogP contribution >= 0.6 is 0 Å². The molecule has 0 aromatic heterocycles. The van der Waals surface area contributed by atoms with E-state index in [-0.39, 0.29) is 19.6 Å². The van der Waals surface area contributed by atoms with Gasteiger partial charge in [-0.2, -0.15) is 0 Å². The maximum atomic E-state index is 11.3. The highest BCUT2D eigenvalue weighted by molar-refractivity contribution is 5.81. The number of aliphatic hydroxyl groups is 4. The SMILES string of the molecule is CC(C)(CO)[C@@H](O)C(=O)NCCC(O)O. The molecule has 0 saturated carbocycles. The molecule has 0 fully saturated rings. The van der Waals surface area contributed by atoms with Crippen molar-refractivity contribution < 1.29 is 25.2 Å². The lowest BCUT2D eigenvalue weighted by Gasteiger charge is -2.27. The molecule has 1 amide bonds. The van der Waals surface area contributed by atoms with Crippen molar-refractivity contribution in [1.82, 2.24) is 5.32 Å². The van der Waals surface area contributed by atoms with E-state index in [1.54, 1.807) is 13.8 Å². The molecule has 0 heterocycles. The third-order valence-corrected chi connectivity index (χ3v) is 2.10. The Kier molecular flexibility index (Phi) is 5.74. The molecule has 0 radical (unpaired) electrons. The molecule has 0 unspecified atom stereocenters. The molecule has 0 aliphatic rings. The Bertz CT molecular complexity index is 205. The van der Waals surface area contributed by atoms with Crippen LogP contribution in [0.1, 0.15) is 20.3 Å². The first-order chi connectivity index (χ1) is 6.81. The predicted molar refractivity (Wildman–Crippen MR) is 52.7 cm³/mol. The minimum Gasteiger partial charge on any atom is -0.396 e. The summed E-state index contributed by atoms with van der Waals surface area (Å²) in [7, 11) is 0. The summed E-state index contributed by atoms with van der Waals surface area (Å²) >= 11 is 0. The highest BCUT2D eigenvalue weighted by Crippen LogP contribution is 2.19. The molecular weight excluding hydrogens is 202 g/mol. The van der Waals surface area contributed by atoms with E-state index in [1.165, 1.54) is 0 Å². The van der Waals surface area contributed by atoms with Crippen LogP contribution in [0.3, 0.4) is 0 Å². The number of carbonyl (C=O) groups excluding carboxylic acids is 1. The van der Waals surface area contributed by atoms with E-state index in [9.17, 15) is 9.90 Å². The summed E-state index contributed by atoms with van der Waals surface area (Å²) in [5, 5.41) is 37.8. The van der Waals surface area contributed by atoms with Gasteiger partial charge in [-0.15, -0.1) is 0 Å². The highest BCUT2D eigenvalue weighted by Gasteiger charge is 2.32. The molecule has 6 nitrogen and oxygen atoms in total. The zero-order valence-electron chi connectivity index (χ0n) is 8.97. The van der Waals surface area contributed by atoms with Crippen molar-refractivity contribution in [3.05, 3.63) is 0 Å². The Balaban J connectivity index is 4.00. The normalized spacial score (nSPS) is 14.1. The van der Waals surface area contributed by atoms with Crippen molar-refractivity contribution in [2.75, 3.05) is 13.2 Å². The molecular formula is C9H19NO5. The van der Waals surface area contributed by atoms with Gasteiger partial charge in [0, 0.05) is 18.4 Å². The quantitative estimate of drug-likeness (QED) is 0.339. The molecule has 0 aromatic rings. The summed E-state index contributed by atoms with van der Waals surface area (Å²) in [6.45, 7) is 2.86. The summed E-state index contributed by atoms with van der Waals surface area (Å²) in [5.41, 5.74) is -0.915. The second kappa shape index (κ2) is 6.02. The first-order valence-corrected chi connectivity index (χ1v) is 4.74. The molecule has 0 aromatic carbocycles. The molecule has 90 valence electrons. The van der Waals surface area contributed by atoms with Crippen molar-refractivity contribution in [2.45, 2.75) is 32.7 Å². The van der Waals surface area contributed by atoms with Crippen LogP contribution in [0.25, 0.3) is 0 Å². The van der Waals surface area contributed by atoms with Crippen LogP contribution in [0.4, 0.5) is 0 Å². The second-order valence-corrected chi connectivity index (χ2v) is 4.11. The Hall–Kier alpha value is -0.690. The first-order valence-electron chi connectivity index (χ1n) is 4.74. The number of nitrogens with one attached hydrogen (secondary N) is 1. The summed E-state index contributed by atoms with van der Waals surface area (Å²) < 4.78 is 0. The van der Waals surface area contributed by atoms with E-state index in [2.05, 4.69) is 5.32 Å². The van der Waals surface area contributed by atoms with Crippen molar-refractivity contribution in [2.24, 2.45) is 5.41 Å². The van der Waals surface area contributed by atoms with Gasteiger partial charge in [0.2, 0.25) is 5.91 Å². The standard InChI is InChI=1S/C9H19NO5/c1-9(2,5-11)7(14)8(15)10-4-3-6(12)13/h6-7,11-14H,3-5H2,1-2H3,(H,10,15)/t7-/m0/s1. The topological polar surface area (TPSA) is 110 Å². The van der Waals surface area contributed by atoms with Gasteiger partial charge in [-0.3, -0.25) is 4.79 Å². The zero-order valence-corrected chi connectivity index (χ0v) is 8.97. The second-order valence-electron chi connectivity index (χ2n) is 4.11. The number of hydrogen-bond acceptors (Lipinski definition) is 5. The van der Waals surface area contributed by atoms with Gasteiger partial charge in [-0.1, -0.05) is 13.8 Å². The molecule has 5 N–H and O–H groups in total. The summed E-state index contributed by atoms with van der Waals surface area (Å²) in [4.78, 5) is 11.3. The number of hydrogen-bond donors (Lipinski definition) is 5. The van der Waals surface area contributed by atoms with Gasteiger partial charge < -0.3 is 25.7 Å². The van der Waals surface area contributed by atoms with Crippen molar-refractivity contribution >= 4 is 5.91 Å². The van der Waals surface area contributed by atoms with Crippen LogP contribution in [-0.2, 0) is 4.79 Å². The van der Waals surface area contributed by atoms with Gasteiger partial charge in [-0.05, 0) is 0 Å². The number of aliphatic hydroxyl groups excluding tert-OH is 3. The predicted octanol–water partition coefficient (Wildman–Crippen LogP) is -1.82. The van der Waals surface area contributed by atoms with E-state index >= 15 is 0 Å². The third-order valence-electron chi connectivity index (χ3n) is 2.10. The lowest BCUT2D eigenvalue weighted by atomic mass is 9.87. The molecule has 1 atom stereocenters. The zero-order chi connectivity index (χ0) is 12.1. The van der Waals surface area contributed by atoms with Gasteiger partial charge in [0.25, 0.3) is 0 Å². The molecule has 0 aliphatic carbocycles. The summed E-state index contributed by atoms with van der Waals surface area (Å²) in [6.07, 6.45) is -2.80. The smallest absolute Gasteiger partial charge is 0.249 e. The fourth-order valence-electron chi connectivity index (χ4n) is 0.862. The largest absolute Gasteiger partial charge is 0.396 e. The Morgan fingerprint density at radius 2 is 1.87 bits per heavy atom. The van der Waals surface area contributed by atoms with Crippen molar-refractivity contribution in [3.8, 4) is 0 Å². The van der Waals surface area contributed by atoms with E-state index in [0.29, 0.717) is 0 Å². The monoisotopic (exact) mass is 221 g/mol. The molecule has 6 heteroatoms. The van der Waals surface area contributed by atoms with E-state index in [0.717, 1.165) is 0 Å². The van der Waals surface area contributed by atoms with Crippen molar-refractivity contribution in [1.29, 1.82) is 0 Å². The molecule has 0 saturated heterocycles. The average molecular weight is 221 g/mol. The van der Waals surface area contributed by atoms with Crippen LogP contribution < -0.4 is 5.32 Å². The van der Waals surface area contributed by atoms with Crippen LogP contribution in [0.2, 0.25) is 0 Å². The maximum absolute atomic E-state index is 11.3. The van der Waals surface area contributed by atoms with Crippen molar-refractivity contribution in [3.63, 3.8) is 0 Å². The van der Waals surface area contributed by atoms with Crippen LogP contribution in [0.15, 0.2) is 0 Å². The number of rotatable bonds is 6. The lowest BCUT2D eigenvalue weighted by Crippen LogP contribution is -2.46. The van der Waals surface area contributed by atoms with Gasteiger partial charge in [0.1, 0.15) is 6.10 Å². The lowest BCUT2D eigenvalue weighted by molar-refractivity contribution is -0.137. The Labute approximate surface area is 88.5 Å². The fraction of sp³-hybridized carbons (Fsp3) is 0.889. The summed E-state index contributed by atoms with van der Waals surface area (Å²) in [6, 6.07) is 0. The number of amides is 1. The summed E-state index contributed by atoms with van der Waals surface area (Å²) in [5.74, 6) is -0.630. The van der Waals surface area contributed by atoms with Crippen LogP contribution in [0, 0.1) is 5.41 Å². The van der Waals surface area contributed by atoms with E-state index in [4.69, 9.17) is 15.3 Å². The Morgan fingerprint density at radius 1 is 1.33 bits per heavy atom. The fourth-order valence-corrected chi connectivity index (χ4v) is 0.862. The van der Waals surface area contributed by atoms with Gasteiger partial charge >= 0.3 is 0 Å². The van der Waals surface area contributed by atoms with Gasteiger partial charge in [0.15, 0.2) is 6.29 Å². The van der Waals surface area contributed by atoms with Crippen LogP contribution in [-0.4, -0.2) is 51.9 Å². The highest BCUT2D eigenvalue weighted by atomic mass is 16.5. The van der Waals surface area contributed by atoms with E-state index < -0.39 is 23.7 Å². The van der Waals surface area contributed by atoms with Gasteiger partial charge in [0.05, 0.1) is 6.61 Å². The van der Waals surface area contributed by atoms with Gasteiger partial charge in [-0.25, -0.2) is 0 Å². The first kappa shape index (κ1) is 14.3. The molecule has 0 bridgehead atoms. The van der Waals surface area contributed by atoms with Crippen LogP contribution in [0.5, 0.6) is 0 Å².